The largest absolute Gasteiger partial charge is 0.336 e. The standard InChI is InChI=1S/C12H24N2O/c1-3-7-10(2)13-12(15)14-11-8-5-4-6-9-11/h10-11H,3-9H2,1-2H3,(H2,13,14,15)/t10-/m1/s1. The average Bonchev–Trinajstić information content (AvgIpc) is 2.19. The highest BCUT2D eigenvalue weighted by Gasteiger charge is 2.16. The molecule has 1 aliphatic carbocycles. The Kier molecular flexibility index (Phi) is 5.51. The van der Waals surface area contributed by atoms with Gasteiger partial charge in [0.15, 0.2) is 0 Å². The highest BCUT2D eigenvalue weighted by atomic mass is 16.2. The number of hydrogen-bond acceptors (Lipinski definition) is 1. The molecule has 1 atom stereocenters. The molecule has 0 aromatic rings. The third-order valence-electron chi connectivity index (χ3n) is 3.04. The number of rotatable bonds is 4. The van der Waals surface area contributed by atoms with E-state index < -0.39 is 0 Å². The van der Waals surface area contributed by atoms with Crippen molar-refractivity contribution in [1.82, 2.24) is 10.6 Å². The van der Waals surface area contributed by atoms with Crippen LogP contribution in [0.2, 0.25) is 0 Å². The van der Waals surface area contributed by atoms with Crippen molar-refractivity contribution >= 4 is 6.03 Å². The van der Waals surface area contributed by atoms with Gasteiger partial charge in [0, 0.05) is 12.1 Å². The molecule has 88 valence electrons. The second kappa shape index (κ2) is 6.70. The normalized spacial score (nSPS) is 19.6. The molecule has 1 rings (SSSR count). The van der Waals surface area contributed by atoms with Crippen LogP contribution < -0.4 is 10.6 Å². The smallest absolute Gasteiger partial charge is 0.315 e. The van der Waals surface area contributed by atoms with Gasteiger partial charge in [0.05, 0.1) is 0 Å². The topological polar surface area (TPSA) is 41.1 Å². The SMILES string of the molecule is CCC[C@@H](C)NC(=O)NC1CCCCC1. The van der Waals surface area contributed by atoms with Crippen LogP contribution in [-0.2, 0) is 0 Å². The molecule has 15 heavy (non-hydrogen) atoms. The van der Waals surface area contributed by atoms with Gasteiger partial charge < -0.3 is 10.6 Å². The van der Waals surface area contributed by atoms with Gasteiger partial charge in [0.25, 0.3) is 0 Å². The molecule has 1 fully saturated rings. The van der Waals surface area contributed by atoms with E-state index in [1.165, 1.54) is 19.3 Å². The zero-order chi connectivity index (χ0) is 11.1. The fourth-order valence-corrected chi connectivity index (χ4v) is 2.20. The Morgan fingerprint density at radius 3 is 2.60 bits per heavy atom. The van der Waals surface area contributed by atoms with Gasteiger partial charge in [-0.25, -0.2) is 4.79 Å². The van der Waals surface area contributed by atoms with Gasteiger partial charge in [-0.05, 0) is 26.2 Å². The summed E-state index contributed by atoms with van der Waals surface area (Å²) >= 11 is 0. The first-order valence-electron chi connectivity index (χ1n) is 6.29. The van der Waals surface area contributed by atoms with Crippen molar-refractivity contribution in [2.24, 2.45) is 0 Å². The molecule has 3 heteroatoms. The van der Waals surface area contributed by atoms with Gasteiger partial charge in [-0.3, -0.25) is 0 Å². The van der Waals surface area contributed by atoms with Crippen molar-refractivity contribution < 1.29 is 4.79 Å². The van der Waals surface area contributed by atoms with Crippen molar-refractivity contribution in [3.8, 4) is 0 Å². The Hall–Kier alpha value is -0.730. The minimum Gasteiger partial charge on any atom is -0.336 e. The quantitative estimate of drug-likeness (QED) is 0.739. The highest BCUT2D eigenvalue weighted by Crippen LogP contribution is 2.17. The van der Waals surface area contributed by atoms with Crippen LogP contribution in [0.3, 0.4) is 0 Å². The first-order chi connectivity index (χ1) is 7.22. The average molecular weight is 212 g/mol. The summed E-state index contributed by atoms with van der Waals surface area (Å²) in [5, 5.41) is 6.04. The molecular weight excluding hydrogens is 188 g/mol. The number of carbonyl (C=O) groups is 1. The third kappa shape index (κ3) is 5.05. The molecule has 0 saturated heterocycles. The Morgan fingerprint density at radius 1 is 1.33 bits per heavy atom. The van der Waals surface area contributed by atoms with Crippen LogP contribution in [0.15, 0.2) is 0 Å². The van der Waals surface area contributed by atoms with Crippen LogP contribution in [0.25, 0.3) is 0 Å². The van der Waals surface area contributed by atoms with Gasteiger partial charge in [0.1, 0.15) is 0 Å². The lowest BCUT2D eigenvalue weighted by Gasteiger charge is -2.24. The molecule has 2 N–H and O–H groups in total. The van der Waals surface area contributed by atoms with Gasteiger partial charge in [-0.15, -0.1) is 0 Å². The number of nitrogens with one attached hydrogen (secondary N) is 2. The minimum atomic E-state index is 0.0165. The molecule has 0 bridgehead atoms. The highest BCUT2D eigenvalue weighted by molar-refractivity contribution is 5.74. The molecule has 0 aromatic carbocycles. The maximum absolute atomic E-state index is 11.6. The monoisotopic (exact) mass is 212 g/mol. The Bertz CT molecular complexity index is 188. The summed E-state index contributed by atoms with van der Waals surface area (Å²) in [6.07, 6.45) is 8.31. The predicted octanol–water partition coefficient (Wildman–Crippen LogP) is 2.81. The van der Waals surface area contributed by atoms with E-state index in [2.05, 4.69) is 24.5 Å². The number of urea groups is 1. The zero-order valence-corrected chi connectivity index (χ0v) is 10.0. The Morgan fingerprint density at radius 2 is 2.00 bits per heavy atom. The third-order valence-corrected chi connectivity index (χ3v) is 3.04. The van der Waals surface area contributed by atoms with E-state index in [-0.39, 0.29) is 6.03 Å². The van der Waals surface area contributed by atoms with Gasteiger partial charge in [-0.1, -0.05) is 32.6 Å². The van der Waals surface area contributed by atoms with Crippen LogP contribution >= 0.6 is 0 Å². The van der Waals surface area contributed by atoms with Crippen molar-refractivity contribution in [3.05, 3.63) is 0 Å². The van der Waals surface area contributed by atoms with Crippen molar-refractivity contribution in [2.45, 2.75) is 70.9 Å². The predicted molar refractivity (Wildman–Crippen MR) is 62.9 cm³/mol. The molecular formula is C12H24N2O. The summed E-state index contributed by atoms with van der Waals surface area (Å²) in [5.74, 6) is 0. The van der Waals surface area contributed by atoms with E-state index in [1.54, 1.807) is 0 Å². The minimum absolute atomic E-state index is 0.0165. The lowest BCUT2D eigenvalue weighted by Crippen LogP contribution is -2.45. The lowest BCUT2D eigenvalue weighted by molar-refractivity contribution is 0.229. The van der Waals surface area contributed by atoms with Gasteiger partial charge in [-0.2, -0.15) is 0 Å². The molecule has 3 nitrogen and oxygen atoms in total. The lowest BCUT2D eigenvalue weighted by atomic mass is 9.96. The Labute approximate surface area is 93.0 Å². The van der Waals surface area contributed by atoms with Crippen LogP contribution in [0, 0.1) is 0 Å². The summed E-state index contributed by atoms with van der Waals surface area (Å²) in [4.78, 5) is 11.6. The summed E-state index contributed by atoms with van der Waals surface area (Å²) in [5.41, 5.74) is 0. The molecule has 1 aliphatic rings. The summed E-state index contributed by atoms with van der Waals surface area (Å²) in [6.45, 7) is 4.20. The maximum Gasteiger partial charge on any atom is 0.315 e. The maximum atomic E-state index is 11.6. The molecule has 2 amide bonds. The van der Waals surface area contributed by atoms with Gasteiger partial charge >= 0.3 is 6.03 Å². The first kappa shape index (κ1) is 12.3. The fourth-order valence-electron chi connectivity index (χ4n) is 2.20. The second-order valence-corrected chi connectivity index (χ2v) is 4.64. The molecule has 1 saturated carbocycles. The molecule has 0 aromatic heterocycles. The molecule has 0 unspecified atom stereocenters. The van der Waals surface area contributed by atoms with Crippen molar-refractivity contribution in [2.75, 3.05) is 0 Å². The van der Waals surface area contributed by atoms with E-state index >= 15 is 0 Å². The summed E-state index contributed by atoms with van der Waals surface area (Å²) in [7, 11) is 0. The van der Waals surface area contributed by atoms with E-state index in [0.717, 1.165) is 25.7 Å². The molecule has 0 heterocycles. The zero-order valence-electron chi connectivity index (χ0n) is 10.0. The molecule has 0 aliphatic heterocycles. The first-order valence-corrected chi connectivity index (χ1v) is 6.29. The fraction of sp³-hybridized carbons (Fsp3) is 0.917. The summed E-state index contributed by atoms with van der Waals surface area (Å²) in [6, 6.07) is 0.717. The molecule has 0 radical (unpaired) electrons. The van der Waals surface area contributed by atoms with E-state index in [1.807, 2.05) is 0 Å². The van der Waals surface area contributed by atoms with Crippen LogP contribution in [0.4, 0.5) is 4.79 Å². The number of carbonyl (C=O) groups excluding carboxylic acids is 1. The second-order valence-electron chi connectivity index (χ2n) is 4.64. The number of amides is 2. The van der Waals surface area contributed by atoms with Crippen LogP contribution in [-0.4, -0.2) is 18.1 Å². The van der Waals surface area contributed by atoms with Crippen molar-refractivity contribution in [3.63, 3.8) is 0 Å². The number of hydrogen-bond donors (Lipinski definition) is 2. The van der Waals surface area contributed by atoms with Crippen LogP contribution in [0.5, 0.6) is 0 Å². The molecule has 0 spiro atoms. The van der Waals surface area contributed by atoms with E-state index in [9.17, 15) is 4.79 Å². The van der Waals surface area contributed by atoms with E-state index in [4.69, 9.17) is 0 Å². The summed E-state index contributed by atoms with van der Waals surface area (Å²) < 4.78 is 0. The van der Waals surface area contributed by atoms with Gasteiger partial charge in [0.2, 0.25) is 0 Å². The van der Waals surface area contributed by atoms with Crippen molar-refractivity contribution in [1.29, 1.82) is 0 Å². The van der Waals surface area contributed by atoms with E-state index in [0.29, 0.717) is 12.1 Å². The Balaban J connectivity index is 2.16. The van der Waals surface area contributed by atoms with Crippen LogP contribution in [0.1, 0.15) is 58.8 Å².